The first-order valence-electron chi connectivity index (χ1n) is 6.39. The number of aromatic nitrogens is 1. The van der Waals surface area contributed by atoms with Crippen molar-refractivity contribution in [3.8, 4) is 6.07 Å². The summed E-state index contributed by atoms with van der Waals surface area (Å²) in [5, 5.41) is 18.3. The van der Waals surface area contributed by atoms with E-state index in [9.17, 15) is 5.11 Å². The van der Waals surface area contributed by atoms with E-state index in [2.05, 4.69) is 16.0 Å². The number of rotatable bonds is 3. The molecule has 102 valence electrons. The second-order valence-corrected chi connectivity index (χ2v) is 5.47. The SMILES string of the molecule is CC1(C)CN(Cc2cccnc2C#N)CC(CO)O1. The van der Waals surface area contributed by atoms with Gasteiger partial charge in [-0.2, -0.15) is 5.26 Å². The molecule has 0 spiro atoms. The van der Waals surface area contributed by atoms with Crippen molar-refractivity contribution in [1.82, 2.24) is 9.88 Å². The van der Waals surface area contributed by atoms with Gasteiger partial charge in [0.15, 0.2) is 0 Å². The largest absolute Gasteiger partial charge is 0.394 e. The smallest absolute Gasteiger partial charge is 0.144 e. The van der Waals surface area contributed by atoms with Gasteiger partial charge in [-0.05, 0) is 19.9 Å². The average Bonchev–Trinajstić information content (AvgIpc) is 2.37. The number of hydrogen-bond donors (Lipinski definition) is 1. The van der Waals surface area contributed by atoms with Crippen molar-refractivity contribution in [1.29, 1.82) is 5.26 Å². The number of hydrogen-bond acceptors (Lipinski definition) is 5. The predicted octanol–water partition coefficient (Wildman–Crippen LogP) is 0.925. The molecule has 19 heavy (non-hydrogen) atoms. The Morgan fingerprint density at radius 2 is 2.42 bits per heavy atom. The van der Waals surface area contributed by atoms with Gasteiger partial charge in [-0.1, -0.05) is 6.07 Å². The highest BCUT2D eigenvalue weighted by Gasteiger charge is 2.33. The molecule has 1 fully saturated rings. The topological polar surface area (TPSA) is 69.4 Å². The fourth-order valence-electron chi connectivity index (χ4n) is 2.54. The van der Waals surface area contributed by atoms with Crippen LogP contribution in [0.4, 0.5) is 0 Å². The number of nitriles is 1. The molecular formula is C14H19N3O2. The van der Waals surface area contributed by atoms with Gasteiger partial charge in [-0.25, -0.2) is 4.98 Å². The zero-order valence-corrected chi connectivity index (χ0v) is 11.3. The summed E-state index contributed by atoms with van der Waals surface area (Å²) in [5.74, 6) is 0. The summed E-state index contributed by atoms with van der Waals surface area (Å²) in [6.45, 7) is 6.12. The molecule has 5 nitrogen and oxygen atoms in total. The molecule has 0 radical (unpaired) electrons. The summed E-state index contributed by atoms with van der Waals surface area (Å²) < 4.78 is 5.78. The molecule has 0 amide bonds. The monoisotopic (exact) mass is 261 g/mol. The third-order valence-corrected chi connectivity index (χ3v) is 3.15. The number of pyridine rings is 1. The third-order valence-electron chi connectivity index (χ3n) is 3.15. The quantitative estimate of drug-likeness (QED) is 0.876. The van der Waals surface area contributed by atoms with E-state index < -0.39 is 0 Å². The molecular weight excluding hydrogens is 242 g/mol. The lowest BCUT2D eigenvalue weighted by Crippen LogP contribution is -2.53. The molecule has 1 unspecified atom stereocenters. The van der Waals surface area contributed by atoms with Crippen molar-refractivity contribution in [3.05, 3.63) is 29.6 Å². The first-order chi connectivity index (χ1) is 9.04. The van der Waals surface area contributed by atoms with Crippen LogP contribution in [0.5, 0.6) is 0 Å². The van der Waals surface area contributed by atoms with Gasteiger partial charge in [-0.3, -0.25) is 4.90 Å². The van der Waals surface area contributed by atoms with Crippen molar-refractivity contribution < 1.29 is 9.84 Å². The summed E-state index contributed by atoms with van der Waals surface area (Å²) in [5.41, 5.74) is 1.09. The molecule has 2 rings (SSSR count). The molecule has 2 heterocycles. The molecule has 5 heteroatoms. The molecule has 1 aromatic rings. The second kappa shape index (κ2) is 5.66. The van der Waals surface area contributed by atoms with Crippen molar-refractivity contribution in [2.24, 2.45) is 0 Å². The zero-order valence-electron chi connectivity index (χ0n) is 11.3. The van der Waals surface area contributed by atoms with Gasteiger partial charge in [0.05, 0.1) is 18.3 Å². The maximum Gasteiger partial charge on any atom is 0.144 e. The first-order valence-corrected chi connectivity index (χ1v) is 6.39. The van der Waals surface area contributed by atoms with Crippen molar-refractivity contribution in [2.45, 2.75) is 32.1 Å². The summed E-state index contributed by atoms with van der Waals surface area (Å²) >= 11 is 0. The Bertz CT molecular complexity index is 482. The van der Waals surface area contributed by atoms with Gasteiger partial charge in [-0.15, -0.1) is 0 Å². The van der Waals surface area contributed by atoms with Crippen LogP contribution in [-0.4, -0.2) is 46.4 Å². The van der Waals surface area contributed by atoms with Crippen molar-refractivity contribution in [2.75, 3.05) is 19.7 Å². The van der Waals surface area contributed by atoms with Crippen LogP contribution in [0.3, 0.4) is 0 Å². The van der Waals surface area contributed by atoms with Gasteiger partial charge >= 0.3 is 0 Å². The number of aliphatic hydroxyl groups excluding tert-OH is 1. The Morgan fingerprint density at radius 1 is 1.63 bits per heavy atom. The highest BCUT2D eigenvalue weighted by Crippen LogP contribution is 2.22. The van der Waals surface area contributed by atoms with E-state index in [0.29, 0.717) is 18.8 Å². The van der Waals surface area contributed by atoms with Crippen LogP contribution in [0.1, 0.15) is 25.1 Å². The fourth-order valence-corrected chi connectivity index (χ4v) is 2.54. The maximum absolute atomic E-state index is 9.29. The maximum atomic E-state index is 9.29. The Balaban J connectivity index is 2.12. The van der Waals surface area contributed by atoms with Gasteiger partial charge in [0.2, 0.25) is 0 Å². The van der Waals surface area contributed by atoms with Crippen LogP contribution in [0.25, 0.3) is 0 Å². The first kappa shape index (κ1) is 13.9. The summed E-state index contributed by atoms with van der Waals surface area (Å²) in [6, 6.07) is 5.87. The molecule has 1 aliphatic rings. The normalized spacial score (nSPS) is 22.9. The minimum Gasteiger partial charge on any atom is -0.394 e. The van der Waals surface area contributed by atoms with Crippen LogP contribution in [-0.2, 0) is 11.3 Å². The van der Waals surface area contributed by atoms with Gasteiger partial charge in [0, 0.05) is 31.4 Å². The molecule has 1 aromatic heterocycles. The van der Waals surface area contributed by atoms with E-state index in [-0.39, 0.29) is 18.3 Å². The lowest BCUT2D eigenvalue weighted by molar-refractivity contribution is -0.150. The van der Waals surface area contributed by atoms with E-state index in [1.54, 1.807) is 6.20 Å². The Hall–Kier alpha value is -1.48. The average molecular weight is 261 g/mol. The van der Waals surface area contributed by atoms with Crippen molar-refractivity contribution in [3.63, 3.8) is 0 Å². The highest BCUT2D eigenvalue weighted by atomic mass is 16.5. The molecule has 1 atom stereocenters. The number of nitrogens with zero attached hydrogens (tertiary/aromatic N) is 3. The standard InChI is InChI=1S/C14H19N3O2/c1-14(2)10-17(8-12(9-18)19-14)7-11-4-3-5-16-13(11)6-15/h3-5,12,18H,7-10H2,1-2H3. The fraction of sp³-hybridized carbons (Fsp3) is 0.571. The molecule has 1 aliphatic heterocycles. The number of morpholine rings is 1. The van der Waals surface area contributed by atoms with Crippen LogP contribution >= 0.6 is 0 Å². The van der Waals surface area contributed by atoms with Crippen LogP contribution in [0, 0.1) is 11.3 Å². The van der Waals surface area contributed by atoms with E-state index in [4.69, 9.17) is 10.00 Å². The van der Waals surface area contributed by atoms with Crippen LogP contribution in [0.2, 0.25) is 0 Å². The van der Waals surface area contributed by atoms with E-state index >= 15 is 0 Å². The molecule has 0 saturated carbocycles. The summed E-state index contributed by atoms with van der Waals surface area (Å²) in [6.07, 6.45) is 1.45. The molecule has 1 saturated heterocycles. The Labute approximate surface area is 113 Å². The van der Waals surface area contributed by atoms with E-state index in [0.717, 1.165) is 12.1 Å². The highest BCUT2D eigenvalue weighted by molar-refractivity contribution is 5.30. The lowest BCUT2D eigenvalue weighted by atomic mass is 10.0. The van der Waals surface area contributed by atoms with E-state index in [1.165, 1.54) is 0 Å². The zero-order chi connectivity index (χ0) is 13.9. The third kappa shape index (κ3) is 3.51. The Morgan fingerprint density at radius 3 is 3.11 bits per heavy atom. The second-order valence-electron chi connectivity index (χ2n) is 5.47. The molecule has 1 N–H and O–H groups in total. The van der Waals surface area contributed by atoms with Gasteiger partial charge < -0.3 is 9.84 Å². The number of ether oxygens (including phenoxy) is 1. The van der Waals surface area contributed by atoms with Crippen LogP contribution in [0.15, 0.2) is 18.3 Å². The van der Waals surface area contributed by atoms with Crippen molar-refractivity contribution >= 4 is 0 Å². The van der Waals surface area contributed by atoms with Gasteiger partial charge in [0.1, 0.15) is 11.8 Å². The lowest BCUT2D eigenvalue weighted by Gasteiger charge is -2.42. The van der Waals surface area contributed by atoms with Gasteiger partial charge in [0.25, 0.3) is 0 Å². The minimum atomic E-state index is -0.291. The molecule has 0 aromatic carbocycles. The van der Waals surface area contributed by atoms with E-state index in [1.807, 2.05) is 26.0 Å². The molecule has 0 bridgehead atoms. The minimum absolute atomic E-state index is 0.0120. The van der Waals surface area contributed by atoms with Crippen LogP contribution < -0.4 is 0 Å². The predicted molar refractivity (Wildman–Crippen MR) is 70.3 cm³/mol. The summed E-state index contributed by atoms with van der Waals surface area (Å²) in [7, 11) is 0. The Kier molecular flexibility index (Phi) is 4.15. The molecule has 0 aliphatic carbocycles. The number of aliphatic hydroxyl groups is 1. The summed E-state index contributed by atoms with van der Waals surface area (Å²) in [4.78, 5) is 6.27.